The van der Waals surface area contributed by atoms with Crippen LogP contribution in [0.15, 0.2) is 23.1 Å². The van der Waals surface area contributed by atoms with Crippen LogP contribution in [0.2, 0.25) is 0 Å². The maximum absolute atomic E-state index is 11.9. The lowest BCUT2D eigenvalue weighted by molar-refractivity contribution is -0.387. The van der Waals surface area contributed by atoms with Crippen molar-refractivity contribution in [1.29, 1.82) is 0 Å². The quantitative estimate of drug-likeness (QED) is 0.348. The smallest absolute Gasteiger partial charge is 0.283 e. The molecular weight excluding hydrogens is 280 g/mol. The van der Waals surface area contributed by atoms with Gasteiger partial charge in [0, 0.05) is 18.2 Å². The molecule has 0 aliphatic heterocycles. The van der Waals surface area contributed by atoms with Gasteiger partial charge in [-0.2, -0.15) is 0 Å². The molecule has 0 aliphatic rings. The third kappa shape index (κ3) is 4.82. The molecule has 110 valence electrons. The van der Waals surface area contributed by atoms with Gasteiger partial charge in [-0.1, -0.05) is 0 Å². The summed E-state index contributed by atoms with van der Waals surface area (Å²) in [5, 5.41) is 22.7. The van der Waals surface area contributed by atoms with E-state index in [4.69, 9.17) is 5.11 Å². The first-order valence-corrected chi connectivity index (χ1v) is 7.47. The Bertz CT molecular complexity index is 491. The highest BCUT2D eigenvalue weighted by Gasteiger charge is 2.16. The highest BCUT2D eigenvalue weighted by atomic mass is 32.2. The molecule has 7 heteroatoms. The van der Waals surface area contributed by atoms with E-state index in [2.05, 4.69) is 5.32 Å². The fourth-order valence-corrected chi connectivity index (χ4v) is 2.22. The molecule has 6 nitrogen and oxygen atoms in total. The van der Waals surface area contributed by atoms with E-state index in [-0.39, 0.29) is 17.2 Å². The van der Waals surface area contributed by atoms with Gasteiger partial charge in [-0.15, -0.1) is 11.8 Å². The van der Waals surface area contributed by atoms with E-state index < -0.39 is 11.0 Å². The standard InChI is InChI=1S/C13H18N2O4S/c1-9(16)4-3-7-14-13(17)10-5-6-12(20-2)11(8-10)15(18)19/h5-6,8-9,16H,3-4,7H2,1-2H3,(H,14,17). The van der Waals surface area contributed by atoms with E-state index >= 15 is 0 Å². The Morgan fingerprint density at radius 3 is 2.80 bits per heavy atom. The molecule has 1 rings (SSSR count). The lowest BCUT2D eigenvalue weighted by atomic mass is 10.1. The Labute approximate surface area is 121 Å². The number of nitro groups is 1. The van der Waals surface area contributed by atoms with Crippen LogP contribution in [0.4, 0.5) is 5.69 Å². The second-order valence-corrected chi connectivity index (χ2v) is 5.24. The number of hydrogen-bond donors (Lipinski definition) is 2. The summed E-state index contributed by atoms with van der Waals surface area (Å²) >= 11 is 1.27. The fourth-order valence-electron chi connectivity index (χ4n) is 1.68. The first-order valence-electron chi connectivity index (χ1n) is 6.24. The van der Waals surface area contributed by atoms with Crippen molar-refractivity contribution < 1.29 is 14.8 Å². The molecule has 0 heterocycles. The highest BCUT2D eigenvalue weighted by molar-refractivity contribution is 7.98. The van der Waals surface area contributed by atoms with E-state index in [1.165, 1.54) is 17.8 Å². The van der Waals surface area contributed by atoms with Crippen LogP contribution in [-0.2, 0) is 0 Å². The van der Waals surface area contributed by atoms with Crippen molar-refractivity contribution in [3.8, 4) is 0 Å². The highest BCUT2D eigenvalue weighted by Crippen LogP contribution is 2.28. The molecule has 1 atom stereocenters. The number of carbonyl (C=O) groups is 1. The van der Waals surface area contributed by atoms with Crippen molar-refractivity contribution in [1.82, 2.24) is 5.32 Å². The lowest BCUT2D eigenvalue weighted by Gasteiger charge is -2.07. The Morgan fingerprint density at radius 1 is 1.55 bits per heavy atom. The molecule has 1 amide bonds. The first-order chi connectivity index (χ1) is 9.45. The van der Waals surface area contributed by atoms with Gasteiger partial charge in [0.15, 0.2) is 0 Å². The molecule has 2 N–H and O–H groups in total. The normalized spacial score (nSPS) is 11.9. The largest absolute Gasteiger partial charge is 0.393 e. The molecular formula is C13H18N2O4S. The number of thioether (sulfide) groups is 1. The summed E-state index contributed by atoms with van der Waals surface area (Å²) in [6.45, 7) is 2.12. The van der Waals surface area contributed by atoms with Gasteiger partial charge in [-0.25, -0.2) is 0 Å². The SMILES string of the molecule is CSc1ccc(C(=O)NCCCC(C)O)cc1[N+](=O)[O-]. The number of amides is 1. The fraction of sp³-hybridized carbons (Fsp3) is 0.462. The van der Waals surface area contributed by atoms with Gasteiger partial charge in [0.05, 0.1) is 15.9 Å². The number of aliphatic hydroxyl groups excluding tert-OH is 1. The second kappa shape index (κ2) is 7.86. The van der Waals surface area contributed by atoms with Gasteiger partial charge < -0.3 is 10.4 Å². The van der Waals surface area contributed by atoms with E-state index in [1.807, 2.05) is 0 Å². The van der Waals surface area contributed by atoms with Gasteiger partial charge in [0.1, 0.15) is 0 Å². The maximum Gasteiger partial charge on any atom is 0.283 e. The second-order valence-electron chi connectivity index (χ2n) is 4.39. The Hall–Kier alpha value is -1.60. The third-order valence-electron chi connectivity index (χ3n) is 2.72. The van der Waals surface area contributed by atoms with Crippen LogP contribution in [0.1, 0.15) is 30.1 Å². The van der Waals surface area contributed by atoms with Crippen LogP contribution in [0, 0.1) is 10.1 Å². The molecule has 20 heavy (non-hydrogen) atoms. The lowest BCUT2D eigenvalue weighted by Crippen LogP contribution is -2.25. The monoisotopic (exact) mass is 298 g/mol. The Morgan fingerprint density at radius 2 is 2.25 bits per heavy atom. The summed E-state index contributed by atoms with van der Waals surface area (Å²) in [6, 6.07) is 4.44. The minimum atomic E-state index is -0.490. The van der Waals surface area contributed by atoms with Crippen molar-refractivity contribution in [2.75, 3.05) is 12.8 Å². The average Bonchev–Trinajstić information content (AvgIpc) is 2.42. The zero-order valence-corrected chi connectivity index (χ0v) is 12.3. The number of nitrogens with one attached hydrogen (secondary N) is 1. The van der Waals surface area contributed by atoms with Crippen molar-refractivity contribution in [2.24, 2.45) is 0 Å². The summed E-state index contributed by atoms with van der Waals surface area (Å²) in [6.07, 6.45) is 2.62. The predicted octanol–water partition coefficient (Wildman–Crippen LogP) is 2.21. The maximum atomic E-state index is 11.9. The zero-order valence-electron chi connectivity index (χ0n) is 11.5. The van der Waals surface area contributed by atoms with Crippen molar-refractivity contribution in [3.05, 3.63) is 33.9 Å². The molecule has 0 aromatic heterocycles. The average molecular weight is 298 g/mol. The minimum absolute atomic E-state index is 0.0610. The van der Waals surface area contributed by atoms with Crippen LogP contribution >= 0.6 is 11.8 Å². The summed E-state index contributed by atoms with van der Waals surface area (Å²) in [4.78, 5) is 22.8. The molecule has 1 aromatic carbocycles. The summed E-state index contributed by atoms with van der Waals surface area (Å²) in [5.41, 5.74) is 0.209. The van der Waals surface area contributed by atoms with Gasteiger partial charge in [-0.3, -0.25) is 14.9 Å². The Kier molecular flexibility index (Phi) is 6.47. The van der Waals surface area contributed by atoms with Crippen LogP contribution in [0.25, 0.3) is 0 Å². The van der Waals surface area contributed by atoms with Gasteiger partial charge in [0.2, 0.25) is 0 Å². The number of nitro benzene ring substituents is 1. The topological polar surface area (TPSA) is 92.5 Å². The summed E-state index contributed by atoms with van der Waals surface area (Å²) in [5.74, 6) is -0.341. The number of aliphatic hydroxyl groups is 1. The van der Waals surface area contributed by atoms with E-state index in [1.54, 1.807) is 25.3 Å². The van der Waals surface area contributed by atoms with Crippen LogP contribution < -0.4 is 5.32 Å². The number of carbonyl (C=O) groups excluding carboxylic acids is 1. The van der Waals surface area contributed by atoms with Crippen LogP contribution in [0.5, 0.6) is 0 Å². The molecule has 1 aromatic rings. The molecule has 0 saturated carbocycles. The number of rotatable bonds is 7. The van der Waals surface area contributed by atoms with Crippen molar-refractivity contribution in [3.63, 3.8) is 0 Å². The van der Waals surface area contributed by atoms with Gasteiger partial charge in [0.25, 0.3) is 11.6 Å². The number of hydrogen-bond acceptors (Lipinski definition) is 5. The molecule has 0 saturated heterocycles. The summed E-state index contributed by atoms with van der Waals surface area (Å²) < 4.78 is 0. The Balaban J connectivity index is 2.69. The summed E-state index contributed by atoms with van der Waals surface area (Å²) in [7, 11) is 0. The first kappa shape index (κ1) is 16.5. The minimum Gasteiger partial charge on any atom is -0.393 e. The molecule has 0 aliphatic carbocycles. The molecule has 0 spiro atoms. The number of benzene rings is 1. The van der Waals surface area contributed by atoms with E-state index in [0.29, 0.717) is 24.3 Å². The molecule has 0 fully saturated rings. The van der Waals surface area contributed by atoms with E-state index in [9.17, 15) is 14.9 Å². The van der Waals surface area contributed by atoms with E-state index in [0.717, 1.165) is 0 Å². The predicted molar refractivity (Wildman–Crippen MR) is 78.1 cm³/mol. The number of nitrogens with zero attached hydrogens (tertiary/aromatic N) is 1. The van der Waals surface area contributed by atoms with Gasteiger partial charge in [-0.05, 0) is 38.2 Å². The zero-order chi connectivity index (χ0) is 15.1. The van der Waals surface area contributed by atoms with Crippen LogP contribution in [0.3, 0.4) is 0 Å². The molecule has 0 bridgehead atoms. The molecule has 1 unspecified atom stereocenters. The molecule has 0 radical (unpaired) electrons. The van der Waals surface area contributed by atoms with Crippen LogP contribution in [-0.4, -0.2) is 34.8 Å². The van der Waals surface area contributed by atoms with Crippen molar-refractivity contribution >= 4 is 23.4 Å². The van der Waals surface area contributed by atoms with Gasteiger partial charge >= 0.3 is 0 Å². The van der Waals surface area contributed by atoms with Crippen molar-refractivity contribution in [2.45, 2.75) is 30.8 Å². The third-order valence-corrected chi connectivity index (χ3v) is 3.51.